The lowest BCUT2D eigenvalue weighted by atomic mass is 10.3. The fourth-order valence-electron chi connectivity index (χ4n) is 0.784. The van der Waals surface area contributed by atoms with E-state index in [2.05, 4.69) is 5.32 Å². The van der Waals surface area contributed by atoms with Crippen molar-refractivity contribution in [2.24, 2.45) is 0 Å². The van der Waals surface area contributed by atoms with Gasteiger partial charge in [-0.25, -0.2) is 0 Å². The summed E-state index contributed by atoms with van der Waals surface area (Å²) in [5.74, 6) is -0.381. The van der Waals surface area contributed by atoms with Crippen molar-refractivity contribution in [2.45, 2.75) is 26.3 Å². The summed E-state index contributed by atoms with van der Waals surface area (Å²) in [7, 11) is 0. The third-order valence-electron chi connectivity index (χ3n) is 1.39. The number of ether oxygens (including phenoxy) is 1. The maximum Gasteiger partial charge on any atom is 0.325 e. The quantitative estimate of drug-likeness (QED) is 0.554. The van der Waals surface area contributed by atoms with Crippen molar-refractivity contribution >= 4 is 5.97 Å². The van der Waals surface area contributed by atoms with Gasteiger partial charge in [0.2, 0.25) is 0 Å². The van der Waals surface area contributed by atoms with Gasteiger partial charge in [0.25, 0.3) is 0 Å². The fourth-order valence-corrected chi connectivity index (χ4v) is 0.784. The summed E-state index contributed by atoms with van der Waals surface area (Å²) in [6.45, 7) is 4.59. The first-order valence-electron chi connectivity index (χ1n) is 4.27. The van der Waals surface area contributed by atoms with E-state index in [1.807, 2.05) is 6.92 Å². The minimum absolute atomic E-state index is 0.209. The van der Waals surface area contributed by atoms with Gasteiger partial charge in [-0.1, -0.05) is 6.92 Å². The SMILES string of the molecule is CCCN[C@H](CO)C(=O)OCC. The Kier molecular flexibility index (Phi) is 6.70. The average molecular weight is 175 g/mol. The molecule has 2 N–H and O–H groups in total. The summed E-state index contributed by atoms with van der Waals surface area (Å²) in [6, 6.07) is -0.565. The van der Waals surface area contributed by atoms with Crippen molar-refractivity contribution in [3.05, 3.63) is 0 Å². The topological polar surface area (TPSA) is 58.6 Å². The van der Waals surface area contributed by atoms with Gasteiger partial charge in [0.15, 0.2) is 0 Å². The van der Waals surface area contributed by atoms with E-state index in [0.717, 1.165) is 6.42 Å². The molecule has 0 saturated heterocycles. The van der Waals surface area contributed by atoms with Crippen LogP contribution in [0.3, 0.4) is 0 Å². The zero-order chi connectivity index (χ0) is 9.40. The fraction of sp³-hybridized carbons (Fsp3) is 0.875. The molecule has 0 aliphatic heterocycles. The van der Waals surface area contributed by atoms with Gasteiger partial charge in [0.1, 0.15) is 6.04 Å². The molecule has 4 nitrogen and oxygen atoms in total. The van der Waals surface area contributed by atoms with Gasteiger partial charge in [0, 0.05) is 0 Å². The minimum Gasteiger partial charge on any atom is -0.465 e. The molecule has 0 heterocycles. The highest BCUT2D eigenvalue weighted by Gasteiger charge is 2.16. The maximum atomic E-state index is 11.0. The lowest BCUT2D eigenvalue weighted by Gasteiger charge is -2.13. The number of esters is 1. The Morgan fingerprint density at radius 1 is 1.58 bits per heavy atom. The van der Waals surface area contributed by atoms with E-state index in [1.165, 1.54) is 0 Å². The first-order chi connectivity index (χ1) is 5.76. The molecular weight excluding hydrogens is 158 g/mol. The lowest BCUT2D eigenvalue weighted by Crippen LogP contribution is -2.41. The molecule has 0 bridgehead atoms. The first-order valence-corrected chi connectivity index (χ1v) is 4.27. The predicted octanol–water partition coefficient (Wildman–Crippen LogP) is -0.0900. The van der Waals surface area contributed by atoms with E-state index in [0.29, 0.717) is 13.2 Å². The number of carbonyl (C=O) groups excluding carboxylic acids is 1. The lowest BCUT2D eigenvalue weighted by molar-refractivity contribution is -0.146. The molecule has 0 aliphatic carbocycles. The van der Waals surface area contributed by atoms with Gasteiger partial charge in [-0.05, 0) is 19.9 Å². The van der Waals surface area contributed by atoms with E-state index in [1.54, 1.807) is 6.92 Å². The number of hydrogen-bond donors (Lipinski definition) is 2. The average Bonchev–Trinajstić information content (AvgIpc) is 2.06. The van der Waals surface area contributed by atoms with Crippen LogP contribution in [-0.2, 0) is 9.53 Å². The first kappa shape index (κ1) is 11.4. The minimum atomic E-state index is -0.565. The second-order valence-electron chi connectivity index (χ2n) is 2.44. The Labute approximate surface area is 72.9 Å². The molecule has 0 aliphatic rings. The number of carbonyl (C=O) groups is 1. The van der Waals surface area contributed by atoms with Crippen molar-refractivity contribution in [3.63, 3.8) is 0 Å². The van der Waals surface area contributed by atoms with Crippen molar-refractivity contribution in [2.75, 3.05) is 19.8 Å². The highest BCUT2D eigenvalue weighted by atomic mass is 16.5. The van der Waals surface area contributed by atoms with Gasteiger partial charge < -0.3 is 15.2 Å². The molecule has 72 valence electrons. The van der Waals surface area contributed by atoms with Crippen LogP contribution in [0.2, 0.25) is 0 Å². The Morgan fingerprint density at radius 2 is 2.25 bits per heavy atom. The Hall–Kier alpha value is -0.610. The molecule has 4 heteroatoms. The molecule has 0 spiro atoms. The molecular formula is C8H17NO3. The third kappa shape index (κ3) is 4.31. The monoisotopic (exact) mass is 175 g/mol. The van der Waals surface area contributed by atoms with Crippen LogP contribution in [0.4, 0.5) is 0 Å². The summed E-state index contributed by atoms with van der Waals surface area (Å²) in [5.41, 5.74) is 0. The Morgan fingerprint density at radius 3 is 2.67 bits per heavy atom. The van der Waals surface area contributed by atoms with Crippen molar-refractivity contribution in [1.82, 2.24) is 5.32 Å². The summed E-state index contributed by atoms with van der Waals surface area (Å²) in [5, 5.41) is 11.7. The number of aliphatic hydroxyl groups excluding tert-OH is 1. The van der Waals surface area contributed by atoms with Gasteiger partial charge in [-0.15, -0.1) is 0 Å². The van der Waals surface area contributed by atoms with E-state index in [9.17, 15) is 4.79 Å². The van der Waals surface area contributed by atoms with Gasteiger partial charge >= 0.3 is 5.97 Å². The van der Waals surface area contributed by atoms with Crippen LogP contribution in [-0.4, -0.2) is 36.9 Å². The largest absolute Gasteiger partial charge is 0.465 e. The van der Waals surface area contributed by atoms with Crippen LogP contribution in [0.1, 0.15) is 20.3 Å². The molecule has 0 fully saturated rings. The summed E-state index contributed by atoms with van der Waals surface area (Å²) >= 11 is 0. The number of aliphatic hydroxyl groups is 1. The third-order valence-corrected chi connectivity index (χ3v) is 1.39. The second kappa shape index (κ2) is 7.06. The van der Waals surface area contributed by atoms with E-state index in [4.69, 9.17) is 9.84 Å². The zero-order valence-corrected chi connectivity index (χ0v) is 7.67. The highest BCUT2D eigenvalue weighted by Crippen LogP contribution is 1.88. The van der Waals surface area contributed by atoms with Crippen LogP contribution < -0.4 is 5.32 Å². The number of nitrogens with one attached hydrogen (secondary N) is 1. The summed E-state index contributed by atoms with van der Waals surface area (Å²) in [4.78, 5) is 11.0. The van der Waals surface area contributed by atoms with Crippen molar-refractivity contribution in [1.29, 1.82) is 0 Å². The number of hydrogen-bond acceptors (Lipinski definition) is 4. The molecule has 0 saturated carbocycles. The van der Waals surface area contributed by atoms with Gasteiger partial charge in [-0.2, -0.15) is 0 Å². The molecule has 12 heavy (non-hydrogen) atoms. The van der Waals surface area contributed by atoms with E-state index in [-0.39, 0.29) is 12.6 Å². The number of rotatable bonds is 6. The molecule has 0 aromatic heterocycles. The smallest absolute Gasteiger partial charge is 0.325 e. The van der Waals surface area contributed by atoms with Crippen LogP contribution in [0.25, 0.3) is 0 Å². The molecule has 0 aromatic rings. The second-order valence-corrected chi connectivity index (χ2v) is 2.44. The van der Waals surface area contributed by atoms with Crippen molar-refractivity contribution in [3.8, 4) is 0 Å². The van der Waals surface area contributed by atoms with E-state index >= 15 is 0 Å². The summed E-state index contributed by atoms with van der Waals surface area (Å²) in [6.07, 6.45) is 0.926. The molecule has 0 amide bonds. The Bertz CT molecular complexity index is 127. The summed E-state index contributed by atoms with van der Waals surface area (Å²) < 4.78 is 4.73. The molecule has 0 radical (unpaired) electrons. The van der Waals surface area contributed by atoms with Crippen molar-refractivity contribution < 1.29 is 14.6 Å². The molecule has 0 aromatic carbocycles. The van der Waals surface area contributed by atoms with Crippen LogP contribution in [0.15, 0.2) is 0 Å². The standard InChI is InChI=1S/C8H17NO3/c1-3-5-9-7(6-10)8(11)12-4-2/h7,9-10H,3-6H2,1-2H3/t7-/m1/s1. The van der Waals surface area contributed by atoms with E-state index < -0.39 is 6.04 Å². The van der Waals surface area contributed by atoms with Crippen LogP contribution >= 0.6 is 0 Å². The normalized spacial score (nSPS) is 12.6. The zero-order valence-electron chi connectivity index (χ0n) is 7.67. The van der Waals surface area contributed by atoms with Crippen LogP contribution in [0, 0.1) is 0 Å². The Balaban J connectivity index is 3.71. The predicted molar refractivity (Wildman–Crippen MR) is 45.8 cm³/mol. The van der Waals surface area contributed by atoms with Gasteiger partial charge in [-0.3, -0.25) is 4.79 Å². The van der Waals surface area contributed by atoms with Gasteiger partial charge in [0.05, 0.1) is 13.2 Å². The maximum absolute atomic E-state index is 11.0. The molecule has 0 unspecified atom stereocenters. The molecule has 0 rings (SSSR count). The molecule has 1 atom stereocenters. The van der Waals surface area contributed by atoms with Crippen LogP contribution in [0.5, 0.6) is 0 Å². The highest BCUT2D eigenvalue weighted by molar-refractivity contribution is 5.75.